The number of nitrogens with two attached hydrogens (primary N) is 1. The number of rotatable bonds is 2. The summed E-state index contributed by atoms with van der Waals surface area (Å²) in [5.74, 6) is 2.90. The molecule has 0 radical (unpaired) electrons. The van der Waals surface area contributed by atoms with Crippen LogP contribution in [0.2, 0.25) is 0 Å². The third-order valence-corrected chi connectivity index (χ3v) is 6.08. The molecule has 1 unspecified atom stereocenters. The Labute approximate surface area is 100 Å². The molecule has 2 N–H and O–H groups in total. The Morgan fingerprint density at radius 1 is 1.25 bits per heavy atom. The Balaban J connectivity index is 1.77. The van der Waals surface area contributed by atoms with E-state index in [2.05, 4.69) is 6.92 Å². The van der Waals surface area contributed by atoms with E-state index < -0.39 is 0 Å². The summed E-state index contributed by atoms with van der Waals surface area (Å²) in [6.07, 6.45) is 13.1. The second-order valence-corrected chi connectivity index (χ2v) is 6.78. The van der Waals surface area contributed by atoms with E-state index in [0.29, 0.717) is 11.5 Å². The summed E-state index contributed by atoms with van der Waals surface area (Å²) in [5, 5.41) is 0. The second-order valence-electron chi connectivity index (χ2n) is 6.78. The maximum absolute atomic E-state index is 6.59. The molecule has 3 saturated carbocycles. The van der Waals surface area contributed by atoms with Crippen LogP contribution in [0.5, 0.6) is 0 Å². The van der Waals surface area contributed by atoms with E-state index in [1.165, 1.54) is 57.8 Å². The first-order chi connectivity index (χ1) is 7.76. The van der Waals surface area contributed by atoms with E-state index in [9.17, 15) is 0 Å². The van der Waals surface area contributed by atoms with Crippen molar-refractivity contribution >= 4 is 0 Å². The Morgan fingerprint density at radius 3 is 2.81 bits per heavy atom. The summed E-state index contributed by atoms with van der Waals surface area (Å²) in [4.78, 5) is 0. The van der Waals surface area contributed by atoms with Crippen LogP contribution in [0.15, 0.2) is 0 Å². The molecule has 3 aliphatic carbocycles. The van der Waals surface area contributed by atoms with Crippen LogP contribution in [0.3, 0.4) is 0 Å². The van der Waals surface area contributed by atoms with Crippen molar-refractivity contribution < 1.29 is 0 Å². The van der Waals surface area contributed by atoms with Gasteiger partial charge in [0.25, 0.3) is 0 Å². The summed E-state index contributed by atoms with van der Waals surface area (Å²) in [6, 6.07) is 0.561. The zero-order chi connectivity index (χ0) is 11.2. The lowest BCUT2D eigenvalue weighted by Gasteiger charge is -2.48. The van der Waals surface area contributed by atoms with Crippen LogP contribution < -0.4 is 5.73 Å². The van der Waals surface area contributed by atoms with Crippen molar-refractivity contribution in [3.8, 4) is 0 Å². The van der Waals surface area contributed by atoms with Crippen LogP contribution in [-0.4, -0.2) is 6.04 Å². The fourth-order valence-corrected chi connectivity index (χ4v) is 5.40. The van der Waals surface area contributed by atoms with Gasteiger partial charge in [-0.3, -0.25) is 0 Å². The van der Waals surface area contributed by atoms with Crippen molar-refractivity contribution in [2.45, 2.75) is 70.8 Å². The summed E-state index contributed by atoms with van der Waals surface area (Å²) >= 11 is 0. The van der Waals surface area contributed by atoms with E-state index in [4.69, 9.17) is 5.73 Å². The molecular weight excluding hydrogens is 194 g/mol. The lowest BCUT2D eigenvalue weighted by atomic mass is 9.59. The SMILES string of the molecule is CCC[C@@H]1CCC[C@@]2(C1)C1CC[C@H](C1)[C@@H]2N. The van der Waals surface area contributed by atoms with Gasteiger partial charge in [0.15, 0.2) is 0 Å². The van der Waals surface area contributed by atoms with Crippen molar-refractivity contribution in [1.82, 2.24) is 0 Å². The summed E-state index contributed by atoms with van der Waals surface area (Å²) in [6.45, 7) is 2.34. The third-order valence-electron chi connectivity index (χ3n) is 6.08. The predicted molar refractivity (Wildman–Crippen MR) is 68.1 cm³/mol. The lowest BCUT2D eigenvalue weighted by Crippen LogP contribution is -2.48. The number of fused-ring (bicyclic) bond motifs is 3. The number of hydrogen-bond acceptors (Lipinski definition) is 1. The van der Waals surface area contributed by atoms with E-state index in [0.717, 1.165) is 17.8 Å². The van der Waals surface area contributed by atoms with Gasteiger partial charge in [-0.2, -0.15) is 0 Å². The Morgan fingerprint density at radius 2 is 2.12 bits per heavy atom. The van der Waals surface area contributed by atoms with Gasteiger partial charge in [0.2, 0.25) is 0 Å². The molecular formula is C15H27N. The molecule has 0 amide bonds. The van der Waals surface area contributed by atoms with Crippen molar-refractivity contribution in [1.29, 1.82) is 0 Å². The van der Waals surface area contributed by atoms with E-state index in [-0.39, 0.29) is 0 Å². The minimum absolute atomic E-state index is 0.561. The first-order valence-electron chi connectivity index (χ1n) is 7.52. The molecule has 0 aliphatic heterocycles. The van der Waals surface area contributed by atoms with E-state index >= 15 is 0 Å². The monoisotopic (exact) mass is 221 g/mol. The molecule has 3 aliphatic rings. The molecule has 1 spiro atoms. The fraction of sp³-hybridized carbons (Fsp3) is 1.00. The highest BCUT2D eigenvalue weighted by Crippen LogP contribution is 2.62. The Kier molecular flexibility index (Phi) is 2.78. The first-order valence-corrected chi connectivity index (χ1v) is 7.52. The van der Waals surface area contributed by atoms with Gasteiger partial charge >= 0.3 is 0 Å². The zero-order valence-corrected chi connectivity index (χ0v) is 10.8. The summed E-state index contributed by atoms with van der Waals surface area (Å²) in [5.41, 5.74) is 7.19. The number of hydrogen-bond donors (Lipinski definition) is 1. The van der Waals surface area contributed by atoms with Gasteiger partial charge in [-0.05, 0) is 55.3 Å². The summed E-state index contributed by atoms with van der Waals surface area (Å²) < 4.78 is 0. The Hall–Kier alpha value is -0.0400. The largest absolute Gasteiger partial charge is 0.327 e. The smallest absolute Gasteiger partial charge is 0.0127 e. The second kappa shape index (κ2) is 4.01. The third kappa shape index (κ3) is 1.47. The molecule has 3 rings (SSSR count). The molecule has 3 fully saturated rings. The average Bonchev–Trinajstić information content (AvgIpc) is 2.84. The quantitative estimate of drug-likeness (QED) is 0.755. The van der Waals surface area contributed by atoms with Crippen LogP contribution >= 0.6 is 0 Å². The normalized spacial score (nSPS) is 51.4. The highest BCUT2D eigenvalue weighted by Gasteiger charge is 2.57. The van der Waals surface area contributed by atoms with E-state index in [1.54, 1.807) is 0 Å². The van der Waals surface area contributed by atoms with Gasteiger partial charge < -0.3 is 5.73 Å². The highest BCUT2D eigenvalue weighted by molar-refractivity contribution is 5.09. The van der Waals surface area contributed by atoms with Gasteiger partial charge in [-0.1, -0.05) is 32.6 Å². The highest BCUT2D eigenvalue weighted by atomic mass is 14.8. The molecule has 0 aromatic heterocycles. The summed E-state index contributed by atoms with van der Waals surface area (Å²) in [7, 11) is 0. The molecule has 16 heavy (non-hydrogen) atoms. The maximum Gasteiger partial charge on any atom is 0.0127 e. The maximum atomic E-state index is 6.59. The van der Waals surface area contributed by atoms with Gasteiger partial charge in [0.05, 0.1) is 0 Å². The van der Waals surface area contributed by atoms with Crippen LogP contribution in [0.25, 0.3) is 0 Å². The minimum Gasteiger partial charge on any atom is -0.327 e. The van der Waals surface area contributed by atoms with Crippen LogP contribution in [-0.2, 0) is 0 Å². The average molecular weight is 221 g/mol. The molecule has 1 nitrogen and oxygen atoms in total. The zero-order valence-electron chi connectivity index (χ0n) is 10.8. The lowest BCUT2D eigenvalue weighted by molar-refractivity contribution is 0.0456. The minimum atomic E-state index is 0.561. The molecule has 2 bridgehead atoms. The Bertz CT molecular complexity index is 256. The van der Waals surface area contributed by atoms with Crippen molar-refractivity contribution in [2.24, 2.45) is 28.9 Å². The van der Waals surface area contributed by atoms with Crippen LogP contribution in [0.1, 0.15) is 64.7 Å². The topological polar surface area (TPSA) is 26.0 Å². The molecule has 0 aromatic rings. The van der Waals surface area contributed by atoms with Gasteiger partial charge in [-0.25, -0.2) is 0 Å². The van der Waals surface area contributed by atoms with Crippen molar-refractivity contribution in [3.63, 3.8) is 0 Å². The molecule has 92 valence electrons. The molecule has 0 saturated heterocycles. The molecule has 0 aromatic carbocycles. The van der Waals surface area contributed by atoms with Crippen LogP contribution in [0, 0.1) is 23.2 Å². The van der Waals surface area contributed by atoms with Crippen LogP contribution in [0.4, 0.5) is 0 Å². The molecule has 5 atom stereocenters. The van der Waals surface area contributed by atoms with Crippen molar-refractivity contribution in [3.05, 3.63) is 0 Å². The molecule has 1 heteroatoms. The first kappa shape index (κ1) is 11.1. The van der Waals surface area contributed by atoms with Gasteiger partial charge in [-0.15, -0.1) is 0 Å². The van der Waals surface area contributed by atoms with Gasteiger partial charge in [0.1, 0.15) is 0 Å². The van der Waals surface area contributed by atoms with E-state index in [1.807, 2.05) is 0 Å². The predicted octanol–water partition coefficient (Wildman–Crippen LogP) is 3.72. The van der Waals surface area contributed by atoms with Gasteiger partial charge in [0, 0.05) is 6.04 Å². The standard InChI is InChI=1S/C15H27N/c1-2-4-11-5-3-8-15(10-11)13-7-6-12(9-13)14(15)16/h11-14H,2-10,16H2,1H3/t11-,12-,13?,14+,15-/m1/s1. The molecule has 0 heterocycles. The van der Waals surface area contributed by atoms with Crippen molar-refractivity contribution in [2.75, 3.05) is 0 Å². The fourth-order valence-electron chi connectivity index (χ4n) is 5.40.